The van der Waals surface area contributed by atoms with Crippen LogP contribution in [0.25, 0.3) is 0 Å². The van der Waals surface area contributed by atoms with Crippen LogP contribution in [0.4, 0.5) is 14.9 Å². The van der Waals surface area contributed by atoms with E-state index in [4.69, 9.17) is 9.84 Å². The molecule has 2 N–H and O–H groups in total. The van der Waals surface area contributed by atoms with Crippen LogP contribution < -0.4 is 4.74 Å². The Bertz CT molecular complexity index is 1010. The van der Waals surface area contributed by atoms with Crippen LogP contribution >= 0.6 is 27.7 Å². The highest BCUT2D eigenvalue weighted by atomic mass is 79.9. The summed E-state index contributed by atoms with van der Waals surface area (Å²) in [4.78, 5) is 22.2. The zero-order valence-electron chi connectivity index (χ0n) is 16.5. The highest BCUT2D eigenvalue weighted by molar-refractivity contribution is 9.10. The fourth-order valence-corrected chi connectivity index (χ4v) is 5.53. The van der Waals surface area contributed by atoms with Crippen molar-refractivity contribution in [1.82, 2.24) is 0 Å². The van der Waals surface area contributed by atoms with Gasteiger partial charge in [-0.25, -0.2) is 9.18 Å². The first-order valence-electron chi connectivity index (χ1n) is 9.09. The van der Waals surface area contributed by atoms with Gasteiger partial charge in [0.1, 0.15) is 11.6 Å². The second-order valence-electron chi connectivity index (χ2n) is 6.70. The van der Waals surface area contributed by atoms with Crippen LogP contribution in [0.3, 0.4) is 0 Å². The summed E-state index contributed by atoms with van der Waals surface area (Å²) in [6, 6.07) is 8.59. The summed E-state index contributed by atoms with van der Waals surface area (Å²) in [5, 5.41) is 20.0. The quantitative estimate of drug-likeness (QED) is 0.115. The van der Waals surface area contributed by atoms with Crippen LogP contribution in [-0.4, -0.2) is 39.3 Å². The molecule has 2 rings (SSSR count). The van der Waals surface area contributed by atoms with Crippen molar-refractivity contribution in [2.45, 2.75) is 23.5 Å². The van der Waals surface area contributed by atoms with E-state index < -0.39 is 21.1 Å². The molecule has 2 aromatic rings. The number of benzene rings is 2. The molecule has 0 aliphatic rings. The highest BCUT2D eigenvalue weighted by Gasteiger charge is 2.14. The molecule has 0 bridgehead atoms. The van der Waals surface area contributed by atoms with Gasteiger partial charge in [0.15, 0.2) is 0 Å². The van der Waals surface area contributed by atoms with Crippen molar-refractivity contribution in [3.63, 3.8) is 0 Å². The highest BCUT2D eigenvalue weighted by Crippen LogP contribution is 2.29. The summed E-state index contributed by atoms with van der Waals surface area (Å²) < 4.78 is 33.2. The Morgan fingerprint density at radius 3 is 2.74 bits per heavy atom. The van der Waals surface area contributed by atoms with Crippen LogP contribution in [0, 0.1) is 15.9 Å². The van der Waals surface area contributed by atoms with Crippen LogP contribution in [0.5, 0.6) is 5.75 Å². The Morgan fingerprint density at radius 2 is 2.06 bits per heavy atom. The summed E-state index contributed by atoms with van der Waals surface area (Å²) in [5.74, 6) is 0.597. The van der Waals surface area contributed by atoms with E-state index in [2.05, 4.69) is 20.3 Å². The van der Waals surface area contributed by atoms with Gasteiger partial charge in [-0.2, -0.15) is 4.36 Å². The predicted octanol–water partition coefficient (Wildman–Crippen LogP) is 5.80. The number of halogens is 2. The lowest BCUT2D eigenvalue weighted by Crippen LogP contribution is -2.13. The third-order valence-electron chi connectivity index (χ3n) is 3.90. The molecule has 0 unspecified atom stereocenters. The largest absolute Gasteiger partial charge is 0.493 e. The minimum Gasteiger partial charge on any atom is -0.493 e. The maximum atomic E-state index is 13.3. The van der Waals surface area contributed by atoms with Crippen LogP contribution in [0.15, 0.2) is 50.1 Å². The predicted molar refractivity (Wildman–Crippen MR) is 124 cm³/mol. The summed E-state index contributed by atoms with van der Waals surface area (Å²) in [7, 11) is -3.15. The molecular weight excluding hydrogens is 515 g/mol. The van der Waals surface area contributed by atoms with Gasteiger partial charge >= 0.3 is 6.09 Å². The fraction of sp³-hybridized carbons (Fsp3) is 0.316. The van der Waals surface area contributed by atoms with E-state index in [9.17, 15) is 23.9 Å². The SMILES string of the molecule is C[SH](O)(Cc1cc(OCCCCSc2cc(F)ccc2Br)cc([N+](=O)[O-])c1)=NC(=O)O. The molecular formula is C19H22BrFN2O6S2. The number of hydrogen-bond donors (Lipinski definition) is 3. The van der Waals surface area contributed by atoms with Gasteiger partial charge in [-0.1, -0.05) is 10.1 Å². The minimum atomic E-state index is -3.15. The van der Waals surface area contributed by atoms with Crippen molar-refractivity contribution in [2.75, 3.05) is 18.6 Å². The van der Waals surface area contributed by atoms with E-state index in [1.54, 1.807) is 6.07 Å². The Hall–Kier alpha value is -2.02. The molecule has 0 aromatic heterocycles. The van der Waals surface area contributed by atoms with E-state index in [1.807, 2.05) is 0 Å². The van der Waals surface area contributed by atoms with Crippen LogP contribution in [-0.2, 0) is 15.9 Å². The third-order valence-corrected chi connectivity index (χ3v) is 7.56. The molecule has 0 aliphatic carbocycles. The van der Waals surface area contributed by atoms with Crippen molar-refractivity contribution >= 4 is 49.6 Å². The molecule has 8 nitrogen and oxygen atoms in total. The number of thioether (sulfide) groups is 1. The zero-order chi connectivity index (χ0) is 23.0. The maximum Gasteiger partial charge on any atom is 0.437 e. The number of hydrogen-bond acceptors (Lipinski definition) is 5. The molecule has 0 atom stereocenters. The molecule has 0 aliphatic heterocycles. The number of carbonyl (C=O) groups is 1. The van der Waals surface area contributed by atoms with Gasteiger partial charge in [0.2, 0.25) is 0 Å². The van der Waals surface area contributed by atoms with Gasteiger partial charge in [-0.05, 0) is 70.6 Å². The van der Waals surface area contributed by atoms with E-state index in [0.29, 0.717) is 18.6 Å². The molecule has 0 spiro atoms. The first-order chi connectivity index (χ1) is 14.6. The summed E-state index contributed by atoms with van der Waals surface area (Å²) in [6.45, 7) is 0.316. The van der Waals surface area contributed by atoms with E-state index >= 15 is 0 Å². The summed E-state index contributed by atoms with van der Waals surface area (Å²) >= 11 is 4.89. The van der Waals surface area contributed by atoms with Gasteiger partial charge < -0.3 is 14.4 Å². The van der Waals surface area contributed by atoms with Gasteiger partial charge in [0, 0.05) is 21.2 Å². The van der Waals surface area contributed by atoms with Gasteiger partial charge in [0.05, 0.1) is 17.6 Å². The van der Waals surface area contributed by atoms with Crippen LogP contribution in [0.1, 0.15) is 18.4 Å². The number of nitrogens with zero attached hydrogens (tertiary/aromatic N) is 2. The Morgan fingerprint density at radius 1 is 1.32 bits per heavy atom. The summed E-state index contributed by atoms with van der Waals surface area (Å²) in [5.41, 5.74) is 0.161. The lowest BCUT2D eigenvalue weighted by atomic mass is 10.2. The number of nitro groups is 1. The second kappa shape index (κ2) is 11.6. The standard InChI is InChI=1S/C19H22BrFN2O6S2/c1-31(28,22-19(24)25)12-13-8-15(23(26)27)11-16(9-13)29-6-2-3-7-30-18-10-14(21)4-5-17(18)20/h4-5,8-11,31H,2-3,6-7,12H2,1H3,(H,22,28)(H,24,25). The van der Waals surface area contributed by atoms with Crippen LogP contribution in [0.2, 0.25) is 0 Å². The van der Waals surface area contributed by atoms with Gasteiger partial charge in [0.25, 0.3) is 5.69 Å². The van der Waals surface area contributed by atoms with Crippen molar-refractivity contribution < 1.29 is 28.5 Å². The van der Waals surface area contributed by atoms with Crippen molar-refractivity contribution in [3.8, 4) is 5.75 Å². The minimum absolute atomic E-state index is 0.115. The average molecular weight is 537 g/mol. The monoisotopic (exact) mass is 536 g/mol. The number of carboxylic acid groups (broad SMARTS) is 1. The smallest absolute Gasteiger partial charge is 0.437 e. The number of ether oxygens (including phenoxy) is 1. The van der Waals surface area contributed by atoms with Gasteiger partial charge in [-0.3, -0.25) is 10.1 Å². The third kappa shape index (κ3) is 8.93. The molecule has 12 heteroatoms. The Labute approximate surface area is 192 Å². The number of thiol groups is 1. The van der Waals surface area contributed by atoms with Gasteiger partial charge in [-0.15, -0.1) is 11.8 Å². The normalized spacial score (nSPS) is 11.7. The molecule has 0 saturated heterocycles. The summed E-state index contributed by atoms with van der Waals surface area (Å²) in [6.07, 6.45) is 1.29. The Balaban J connectivity index is 1.93. The Kier molecular flexibility index (Phi) is 9.41. The number of amides is 1. The molecule has 170 valence electrons. The van der Waals surface area contributed by atoms with E-state index in [0.717, 1.165) is 21.5 Å². The molecule has 0 fully saturated rings. The molecule has 1 amide bonds. The first kappa shape index (κ1) is 25.2. The number of rotatable bonds is 10. The molecule has 0 radical (unpaired) electrons. The first-order valence-corrected chi connectivity index (χ1v) is 13.2. The molecule has 2 aromatic carbocycles. The zero-order valence-corrected chi connectivity index (χ0v) is 19.8. The lowest BCUT2D eigenvalue weighted by molar-refractivity contribution is -0.385. The number of nitro benzene ring substituents is 1. The molecule has 31 heavy (non-hydrogen) atoms. The van der Waals surface area contributed by atoms with Crippen molar-refractivity contribution in [2.24, 2.45) is 4.36 Å². The molecule has 0 saturated carbocycles. The lowest BCUT2D eigenvalue weighted by Gasteiger charge is -2.17. The number of unbranched alkanes of at least 4 members (excludes halogenated alkanes) is 1. The average Bonchev–Trinajstić information content (AvgIpc) is 2.65. The fourth-order valence-electron chi connectivity index (χ4n) is 2.65. The molecule has 0 heterocycles. The van der Waals surface area contributed by atoms with E-state index in [1.165, 1.54) is 48.3 Å². The maximum absolute atomic E-state index is 13.3. The van der Waals surface area contributed by atoms with Crippen molar-refractivity contribution in [3.05, 3.63) is 62.4 Å². The topological polar surface area (TPSA) is 122 Å². The number of non-ortho nitro benzene ring substituents is 1. The van der Waals surface area contributed by atoms with E-state index in [-0.39, 0.29) is 23.0 Å². The second-order valence-corrected chi connectivity index (χ2v) is 11.4. The van der Waals surface area contributed by atoms with Crippen molar-refractivity contribution in [1.29, 1.82) is 0 Å².